The van der Waals surface area contributed by atoms with E-state index in [1.54, 1.807) is 0 Å². The Bertz CT molecular complexity index is 333. The van der Waals surface area contributed by atoms with Gasteiger partial charge in [-0.3, -0.25) is 0 Å². The highest BCUT2D eigenvalue weighted by molar-refractivity contribution is 7.61. The van der Waals surface area contributed by atoms with Crippen LogP contribution in [0.4, 0.5) is 0 Å². The zero-order chi connectivity index (χ0) is 11.6. The Morgan fingerprint density at radius 3 is 2.27 bits per heavy atom. The van der Waals surface area contributed by atoms with Gasteiger partial charge in [-0.15, -0.1) is 0 Å². The number of hydrogen-bond donors (Lipinski definition) is 4. The van der Waals surface area contributed by atoms with E-state index in [1.807, 2.05) is 0 Å². The lowest BCUT2D eigenvalue weighted by Gasteiger charge is -2.37. The maximum atomic E-state index is 10.2. The molecule has 15 heavy (non-hydrogen) atoms. The Morgan fingerprint density at radius 2 is 1.80 bits per heavy atom. The average molecular weight is 241 g/mol. The molecule has 1 heterocycles. The van der Waals surface area contributed by atoms with E-state index in [2.05, 4.69) is 9.10 Å². The molecular weight excluding hydrogens is 230 g/mol. The van der Waals surface area contributed by atoms with Crippen LogP contribution < -0.4 is 0 Å². The number of nitrogens with zero attached hydrogens (tertiary/aromatic N) is 1. The number of ether oxygens (including phenoxy) is 1. The first kappa shape index (κ1) is 12.5. The normalized spacial score (nSPS) is 41.2. The quantitative estimate of drug-likeness (QED) is 0.400. The summed E-state index contributed by atoms with van der Waals surface area (Å²) in [5, 5.41) is 36.7. The van der Waals surface area contributed by atoms with Crippen LogP contribution in [0.3, 0.4) is 0 Å². The summed E-state index contributed by atoms with van der Waals surface area (Å²) in [5.74, 6) is 0. The highest BCUT2D eigenvalue weighted by Crippen LogP contribution is 2.21. The highest BCUT2D eigenvalue weighted by atomic mass is 32.2. The van der Waals surface area contributed by atoms with Gasteiger partial charge < -0.3 is 25.2 Å². The summed E-state index contributed by atoms with van der Waals surface area (Å²) in [7, 11) is -2.83. The van der Waals surface area contributed by atoms with E-state index in [0.29, 0.717) is 0 Å². The molecule has 4 N–H and O–H groups in total. The maximum Gasteiger partial charge on any atom is 0.311 e. The molecule has 0 aromatic heterocycles. The van der Waals surface area contributed by atoms with Gasteiger partial charge >= 0.3 is 10.5 Å². The van der Waals surface area contributed by atoms with Crippen molar-refractivity contribution < 1.29 is 33.6 Å². The van der Waals surface area contributed by atoms with E-state index >= 15 is 0 Å². The molecule has 88 valence electrons. The van der Waals surface area contributed by atoms with Gasteiger partial charge in [-0.1, -0.05) is 0 Å². The summed E-state index contributed by atoms with van der Waals surface area (Å²) in [4.78, 5) is 0. The molecular formula is C6H11NO7S. The van der Waals surface area contributed by atoms with Crippen molar-refractivity contribution in [2.75, 3.05) is 6.61 Å². The Hall–Kier alpha value is -0.580. The fourth-order valence-electron chi connectivity index (χ4n) is 1.30. The molecule has 1 unspecified atom stereocenters. The second-order valence-corrected chi connectivity index (χ2v) is 3.69. The second kappa shape index (κ2) is 4.96. The van der Waals surface area contributed by atoms with Gasteiger partial charge in [-0.05, 0) is 0 Å². The molecule has 0 radical (unpaired) electrons. The van der Waals surface area contributed by atoms with E-state index < -0.39 is 47.8 Å². The van der Waals surface area contributed by atoms with Gasteiger partial charge in [0.25, 0.3) is 0 Å². The Labute approximate surface area is 86.4 Å². The Kier molecular flexibility index (Phi) is 4.13. The molecule has 1 aliphatic rings. The fraction of sp³-hybridized carbons (Fsp3) is 1.00. The molecule has 0 amide bonds. The van der Waals surface area contributed by atoms with E-state index in [9.17, 15) is 23.7 Å². The van der Waals surface area contributed by atoms with Crippen molar-refractivity contribution in [1.29, 1.82) is 0 Å². The number of hydrogen-bond acceptors (Lipinski definition) is 8. The SMILES string of the molecule is O=S(=O)=N[C@H]1C(O)O[C@H](CO)[C@@H](O)[C@@H]1O. The van der Waals surface area contributed by atoms with Crippen LogP contribution in [0.25, 0.3) is 0 Å². The molecule has 0 saturated carbocycles. The summed E-state index contributed by atoms with van der Waals surface area (Å²) >= 11 is 0. The zero-order valence-corrected chi connectivity index (χ0v) is 8.28. The highest BCUT2D eigenvalue weighted by Gasteiger charge is 2.44. The van der Waals surface area contributed by atoms with Crippen molar-refractivity contribution in [3.05, 3.63) is 0 Å². The van der Waals surface area contributed by atoms with Crippen molar-refractivity contribution in [2.45, 2.75) is 30.6 Å². The molecule has 1 rings (SSSR count). The van der Waals surface area contributed by atoms with Crippen molar-refractivity contribution in [3.8, 4) is 0 Å². The first-order valence-electron chi connectivity index (χ1n) is 4.08. The number of rotatable bonds is 2. The standard InChI is InChI=1S/C6H11NO7S/c8-1-2-4(9)5(10)3(6(11)14-2)7-15(12)13/h2-6,8-11H,1H2/t2-,3-,4-,5-,6?/m1/s1. The van der Waals surface area contributed by atoms with Crippen molar-refractivity contribution in [1.82, 2.24) is 0 Å². The fourth-order valence-corrected chi connectivity index (χ4v) is 1.72. The van der Waals surface area contributed by atoms with E-state index in [0.717, 1.165) is 0 Å². The average Bonchev–Trinajstić information content (AvgIpc) is 2.18. The minimum absolute atomic E-state index is 0.609. The van der Waals surface area contributed by atoms with Gasteiger partial charge in [0.2, 0.25) is 0 Å². The lowest BCUT2D eigenvalue weighted by Crippen LogP contribution is -2.57. The predicted molar refractivity (Wildman–Crippen MR) is 45.1 cm³/mol. The number of aliphatic hydroxyl groups excluding tert-OH is 4. The monoisotopic (exact) mass is 241 g/mol. The Morgan fingerprint density at radius 1 is 1.20 bits per heavy atom. The largest absolute Gasteiger partial charge is 0.394 e. The molecule has 0 bridgehead atoms. The van der Waals surface area contributed by atoms with E-state index in [1.165, 1.54) is 0 Å². The summed E-state index contributed by atoms with van der Waals surface area (Å²) in [6.45, 7) is -0.609. The van der Waals surface area contributed by atoms with Crippen LogP contribution in [0.5, 0.6) is 0 Å². The van der Waals surface area contributed by atoms with Crippen LogP contribution in [-0.2, 0) is 15.2 Å². The minimum atomic E-state index is -2.83. The van der Waals surface area contributed by atoms with Crippen molar-refractivity contribution >= 4 is 10.5 Å². The zero-order valence-electron chi connectivity index (χ0n) is 7.46. The maximum absolute atomic E-state index is 10.2. The predicted octanol–water partition coefficient (Wildman–Crippen LogP) is -3.15. The van der Waals surface area contributed by atoms with Crippen LogP contribution in [0, 0.1) is 0 Å². The summed E-state index contributed by atoms with van der Waals surface area (Å²) in [5.41, 5.74) is 0. The van der Waals surface area contributed by atoms with Crippen LogP contribution in [0.1, 0.15) is 0 Å². The van der Waals surface area contributed by atoms with Crippen LogP contribution in [-0.4, -0.2) is 66.1 Å². The molecule has 5 atom stereocenters. The lowest BCUT2D eigenvalue weighted by molar-refractivity contribution is -0.248. The summed E-state index contributed by atoms with van der Waals surface area (Å²) in [6, 6.07) is -1.49. The number of aliphatic hydroxyl groups is 4. The molecule has 1 aliphatic heterocycles. The second-order valence-electron chi connectivity index (χ2n) is 3.04. The van der Waals surface area contributed by atoms with Gasteiger partial charge in [0.05, 0.1) is 6.61 Å². The molecule has 1 saturated heterocycles. The van der Waals surface area contributed by atoms with Gasteiger partial charge in [-0.2, -0.15) is 12.8 Å². The van der Waals surface area contributed by atoms with Crippen molar-refractivity contribution in [2.24, 2.45) is 4.36 Å². The molecule has 0 spiro atoms. The van der Waals surface area contributed by atoms with Gasteiger partial charge in [0.15, 0.2) is 6.29 Å². The minimum Gasteiger partial charge on any atom is -0.394 e. The van der Waals surface area contributed by atoms with Gasteiger partial charge in [0.1, 0.15) is 24.4 Å². The first-order chi connectivity index (χ1) is 6.97. The topological polar surface area (TPSA) is 137 Å². The summed E-state index contributed by atoms with van der Waals surface area (Å²) < 4.78 is 28.1. The van der Waals surface area contributed by atoms with Crippen LogP contribution in [0.15, 0.2) is 4.36 Å². The van der Waals surface area contributed by atoms with E-state index in [4.69, 9.17) is 5.11 Å². The summed E-state index contributed by atoms with van der Waals surface area (Å²) in [6.07, 6.45) is -5.96. The molecule has 9 heteroatoms. The smallest absolute Gasteiger partial charge is 0.311 e. The van der Waals surface area contributed by atoms with E-state index in [-0.39, 0.29) is 0 Å². The third kappa shape index (κ3) is 2.71. The van der Waals surface area contributed by atoms with Crippen LogP contribution in [0.2, 0.25) is 0 Å². The van der Waals surface area contributed by atoms with Gasteiger partial charge in [-0.25, -0.2) is 0 Å². The van der Waals surface area contributed by atoms with Crippen molar-refractivity contribution in [3.63, 3.8) is 0 Å². The molecule has 8 nitrogen and oxygen atoms in total. The molecule has 0 aliphatic carbocycles. The third-order valence-electron chi connectivity index (χ3n) is 2.07. The molecule has 0 aromatic rings. The van der Waals surface area contributed by atoms with Gasteiger partial charge in [0, 0.05) is 0 Å². The molecule has 0 aromatic carbocycles. The van der Waals surface area contributed by atoms with Crippen LogP contribution >= 0.6 is 0 Å². The third-order valence-corrected chi connectivity index (χ3v) is 2.49. The lowest BCUT2D eigenvalue weighted by atomic mass is 9.98. The first-order valence-corrected chi connectivity index (χ1v) is 5.11. The Balaban J connectivity index is 2.88. The molecule has 1 fully saturated rings.